The zero-order valence-electron chi connectivity index (χ0n) is 16.4. The zero-order chi connectivity index (χ0) is 21.8. The molecule has 164 valence electrons. The molecule has 10 heteroatoms. The summed E-state index contributed by atoms with van der Waals surface area (Å²) in [5, 5.41) is 0. The summed E-state index contributed by atoms with van der Waals surface area (Å²) in [4.78, 5) is 1.60. The summed E-state index contributed by atoms with van der Waals surface area (Å²) < 4.78 is 75.1. The highest BCUT2D eigenvalue weighted by molar-refractivity contribution is 7.89. The van der Waals surface area contributed by atoms with Crippen LogP contribution in [0.2, 0.25) is 0 Å². The van der Waals surface area contributed by atoms with Crippen molar-refractivity contribution in [2.45, 2.75) is 30.1 Å². The van der Waals surface area contributed by atoms with Gasteiger partial charge in [0, 0.05) is 12.6 Å². The third-order valence-electron chi connectivity index (χ3n) is 4.91. The van der Waals surface area contributed by atoms with Gasteiger partial charge in [-0.3, -0.25) is 4.90 Å². The van der Waals surface area contributed by atoms with Crippen molar-refractivity contribution in [3.63, 3.8) is 0 Å². The zero-order valence-corrected chi connectivity index (χ0v) is 17.2. The first kappa shape index (κ1) is 22.4. The predicted octanol–water partition coefficient (Wildman–Crippen LogP) is 3.71. The van der Waals surface area contributed by atoms with Crippen LogP contribution in [-0.4, -0.2) is 46.4 Å². The lowest BCUT2D eigenvalue weighted by atomic mass is 10.1. The number of rotatable bonds is 8. The number of nitrogens with one attached hydrogen (secondary N) is 1. The van der Waals surface area contributed by atoms with Crippen molar-refractivity contribution in [3.05, 3.63) is 54.1 Å². The molecule has 1 N–H and O–H groups in total. The lowest BCUT2D eigenvalue weighted by Gasteiger charge is -2.28. The number of halogens is 3. The molecule has 30 heavy (non-hydrogen) atoms. The normalized spacial score (nSPS) is 16.4. The molecule has 0 amide bonds. The highest BCUT2D eigenvalue weighted by Gasteiger charge is 2.34. The molecule has 1 fully saturated rings. The van der Waals surface area contributed by atoms with Crippen LogP contribution in [0.4, 0.5) is 13.2 Å². The highest BCUT2D eigenvalue weighted by Crippen LogP contribution is 2.30. The van der Waals surface area contributed by atoms with Crippen molar-refractivity contribution in [1.29, 1.82) is 0 Å². The summed E-state index contributed by atoms with van der Waals surface area (Å²) in [6.07, 6.45) is -2.99. The van der Waals surface area contributed by atoms with E-state index in [4.69, 9.17) is 4.74 Å². The van der Waals surface area contributed by atoms with E-state index in [2.05, 4.69) is 14.4 Å². The number of benzene rings is 2. The van der Waals surface area contributed by atoms with E-state index < -0.39 is 27.0 Å². The molecule has 2 aromatic rings. The van der Waals surface area contributed by atoms with Gasteiger partial charge < -0.3 is 9.47 Å². The lowest BCUT2D eigenvalue weighted by Crippen LogP contribution is -2.37. The van der Waals surface area contributed by atoms with Gasteiger partial charge >= 0.3 is 6.36 Å². The van der Waals surface area contributed by atoms with Crippen molar-refractivity contribution >= 4 is 10.0 Å². The van der Waals surface area contributed by atoms with E-state index in [0.29, 0.717) is 5.75 Å². The minimum Gasteiger partial charge on any atom is -0.497 e. The second-order valence-corrected chi connectivity index (χ2v) is 8.61. The molecular formula is C20H23F3N2O4S. The molecule has 1 heterocycles. The number of para-hydroxylation sites is 1. The average molecular weight is 444 g/mol. The van der Waals surface area contributed by atoms with Crippen LogP contribution >= 0.6 is 0 Å². The van der Waals surface area contributed by atoms with Crippen LogP contribution in [0, 0.1) is 0 Å². The first-order valence-electron chi connectivity index (χ1n) is 9.42. The predicted molar refractivity (Wildman–Crippen MR) is 105 cm³/mol. The van der Waals surface area contributed by atoms with Gasteiger partial charge in [-0.15, -0.1) is 13.2 Å². The van der Waals surface area contributed by atoms with Crippen molar-refractivity contribution in [2.24, 2.45) is 0 Å². The van der Waals surface area contributed by atoms with Crippen molar-refractivity contribution < 1.29 is 31.1 Å². The molecule has 0 aromatic heterocycles. The molecule has 1 unspecified atom stereocenters. The number of sulfonamides is 1. The Morgan fingerprint density at radius 1 is 1.07 bits per heavy atom. The minimum atomic E-state index is -4.99. The molecule has 1 aliphatic rings. The van der Waals surface area contributed by atoms with E-state index in [0.717, 1.165) is 43.6 Å². The standard InChI is InChI=1S/C20H23F3N2O4S/c1-28-16-10-8-15(9-11-16)17(25-12-4-5-13-25)14-24-30(26,27)19-7-3-2-6-18(19)29-20(21,22)23/h2-3,6-11,17,24H,4-5,12-14H2,1H3. The van der Waals surface area contributed by atoms with E-state index in [1.54, 1.807) is 19.2 Å². The number of hydrogen-bond acceptors (Lipinski definition) is 5. The van der Waals surface area contributed by atoms with E-state index in [1.165, 1.54) is 12.1 Å². The maximum Gasteiger partial charge on any atom is 0.573 e. The fraction of sp³-hybridized carbons (Fsp3) is 0.400. The smallest absolute Gasteiger partial charge is 0.497 e. The Kier molecular flexibility index (Phi) is 6.89. The fourth-order valence-corrected chi connectivity index (χ4v) is 4.65. The number of ether oxygens (including phenoxy) is 2. The molecule has 0 saturated carbocycles. The van der Waals surface area contributed by atoms with Gasteiger partial charge in [0.1, 0.15) is 16.4 Å². The Morgan fingerprint density at radius 3 is 2.30 bits per heavy atom. The maximum atomic E-state index is 12.8. The number of alkyl halides is 3. The molecule has 6 nitrogen and oxygen atoms in total. The summed E-state index contributed by atoms with van der Waals surface area (Å²) in [6, 6.07) is 11.7. The Morgan fingerprint density at radius 2 is 1.70 bits per heavy atom. The third-order valence-corrected chi connectivity index (χ3v) is 6.38. The Labute approximate surface area is 173 Å². The third kappa shape index (κ3) is 5.65. The molecule has 1 aliphatic heterocycles. The molecular weight excluding hydrogens is 421 g/mol. The molecule has 1 saturated heterocycles. The van der Waals surface area contributed by atoms with Crippen molar-refractivity contribution in [1.82, 2.24) is 9.62 Å². The van der Waals surface area contributed by atoms with Crippen LogP contribution in [-0.2, 0) is 10.0 Å². The van der Waals surface area contributed by atoms with Crippen molar-refractivity contribution in [2.75, 3.05) is 26.7 Å². The van der Waals surface area contributed by atoms with Crippen molar-refractivity contribution in [3.8, 4) is 11.5 Å². The van der Waals surface area contributed by atoms with Gasteiger partial charge in [-0.2, -0.15) is 0 Å². The van der Waals surface area contributed by atoms with Crippen LogP contribution in [0.1, 0.15) is 24.4 Å². The largest absolute Gasteiger partial charge is 0.573 e. The Balaban J connectivity index is 1.82. The van der Waals surface area contributed by atoms with Crippen LogP contribution < -0.4 is 14.2 Å². The lowest BCUT2D eigenvalue weighted by molar-refractivity contribution is -0.275. The van der Waals surface area contributed by atoms with Gasteiger partial charge in [0.2, 0.25) is 10.0 Å². The number of nitrogens with zero attached hydrogens (tertiary/aromatic N) is 1. The van der Waals surface area contributed by atoms with Crippen LogP contribution in [0.5, 0.6) is 11.5 Å². The second kappa shape index (κ2) is 9.23. The highest BCUT2D eigenvalue weighted by atomic mass is 32.2. The molecule has 0 bridgehead atoms. The van der Waals surface area contributed by atoms with Gasteiger partial charge in [-0.05, 0) is 55.8 Å². The minimum absolute atomic E-state index is 0.00894. The molecule has 1 atom stereocenters. The monoisotopic (exact) mass is 444 g/mol. The molecule has 3 rings (SSSR count). The summed E-state index contributed by atoms with van der Waals surface area (Å²) >= 11 is 0. The Bertz CT molecular complexity index is 943. The van der Waals surface area contributed by atoms with Gasteiger partial charge in [0.15, 0.2) is 0 Å². The first-order valence-corrected chi connectivity index (χ1v) is 10.9. The quantitative estimate of drug-likeness (QED) is 0.673. The second-order valence-electron chi connectivity index (χ2n) is 6.88. The van der Waals surface area contributed by atoms with Gasteiger partial charge in [0.25, 0.3) is 0 Å². The first-order chi connectivity index (χ1) is 14.2. The summed E-state index contributed by atoms with van der Waals surface area (Å²) in [6.45, 7) is 1.63. The van der Waals surface area contributed by atoms with E-state index in [9.17, 15) is 21.6 Å². The summed E-state index contributed by atoms with van der Waals surface area (Å²) in [7, 11) is -2.68. The number of hydrogen-bond donors (Lipinski definition) is 1. The molecule has 0 spiro atoms. The number of methoxy groups -OCH3 is 1. The van der Waals surface area contributed by atoms with E-state index in [-0.39, 0.29) is 12.6 Å². The maximum absolute atomic E-state index is 12.8. The van der Waals surface area contributed by atoms with Crippen LogP contribution in [0.3, 0.4) is 0 Å². The molecule has 0 radical (unpaired) electrons. The summed E-state index contributed by atoms with van der Waals surface area (Å²) in [5.41, 5.74) is 0.889. The van der Waals surface area contributed by atoms with Crippen LogP contribution in [0.25, 0.3) is 0 Å². The van der Waals surface area contributed by atoms with E-state index >= 15 is 0 Å². The van der Waals surface area contributed by atoms with Gasteiger partial charge in [-0.25, -0.2) is 13.1 Å². The van der Waals surface area contributed by atoms with Crippen LogP contribution in [0.15, 0.2) is 53.4 Å². The molecule has 0 aliphatic carbocycles. The topological polar surface area (TPSA) is 67.9 Å². The number of likely N-dealkylation sites (tertiary alicyclic amines) is 1. The van der Waals surface area contributed by atoms with E-state index in [1.807, 2.05) is 12.1 Å². The average Bonchev–Trinajstić information content (AvgIpc) is 3.22. The summed E-state index contributed by atoms with van der Waals surface area (Å²) in [5.74, 6) is -0.0857. The SMILES string of the molecule is COc1ccc(C(CNS(=O)(=O)c2ccccc2OC(F)(F)F)N2CCCC2)cc1. The molecule has 2 aromatic carbocycles. The fourth-order valence-electron chi connectivity index (χ4n) is 3.48. The Hall–Kier alpha value is -2.30. The van der Waals surface area contributed by atoms with Gasteiger partial charge in [-0.1, -0.05) is 24.3 Å². The van der Waals surface area contributed by atoms with Gasteiger partial charge in [0.05, 0.1) is 7.11 Å².